The topological polar surface area (TPSA) is 186 Å². The van der Waals surface area contributed by atoms with Crippen molar-refractivity contribution in [2.75, 3.05) is 61.0 Å². The van der Waals surface area contributed by atoms with Gasteiger partial charge in [-0.05, 0) is 81.0 Å². The third kappa shape index (κ3) is 16.7. The molecule has 0 fully saturated rings. The number of nitrogens with zero attached hydrogens (tertiary/aromatic N) is 2. The van der Waals surface area contributed by atoms with Gasteiger partial charge in [-0.15, -0.1) is 18.0 Å². The van der Waals surface area contributed by atoms with Crippen LogP contribution < -0.4 is 24.7 Å². The van der Waals surface area contributed by atoms with E-state index < -0.39 is 50.1 Å². The van der Waals surface area contributed by atoms with Crippen molar-refractivity contribution in [2.45, 2.75) is 71.9 Å². The number of methoxy groups -OCH3 is 1. The number of carboxylic acid groups (broad SMARTS) is 1. The molecule has 0 saturated heterocycles. The molecule has 2 aliphatic rings. The van der Waals surface area contributed by atoms with Gasteiger partial charge in [0.2, 0.25) is 5.91 Å². The molecule has 316 valence electrons. The van der Waals surface area contributed by atoms with Gasteiger partial charge in [-0.1, -0.05) is 42.6 Å². The molecule has 0 spiro atoms. The van der Waals surface area contributed by atoms with Crippen molar-refractivity contribution in [3.63, 3.8) is 0 Å². The standard InChI is InChI=1S/C18H15ClFNO3.C15H22ClNO2.C3H8NO5P.C3H9S/c1-3-10(2)24-16-9-15(14(20)8-13(16)19)21-17(22)11-6-4-5-7-12(11)18(21)23;1-5-13-8-6-7-11(2)15(13)17(14(18)9-16)12(3)10-19-4;5-3(6)1-4-2-10(7,8)9;1-4(2)3/h1,8-10H,4-7H2,2H3;6-8,12H,5,9-10H2,1-4H3;4H,1-2H2,(H,5,6)(H2,7,8,9);1-3H3/q;;;+1/p-1. The maximum atomic E-state index is 14.4. The second-order valence-electron chi connectivity index (χ2n) is 13.2. The van der Waals surface area contributed by atoms with E-state index in [-0.39, 0.29) is 34.3 Å². The Labute approximate surface area is 347 Å². The summed E-state index contributed by atoms with van der Waals surface area (Å²) in [5.74, 6) is -0.475. The van der Waals surface area contributed by atoms with E-state index in [0.717, 1.165) is 47.0 Å². The average molecular weight is 877 g/mol. The number of terminal acetylenes is 1. The quantitative estimate of drug-likeness (QED) is 0.0765. The zero-order chi connectivity index (χ0) is 43.6. The summed E-state index contributed by atoms with van der Waals surface area (Å²) in [6.45, 7) is 7.71. The van der Waals surface area contributed by atoms with E-state index in [4.69, 9.17) is 49.1 Å². The number of amides is 3. The number of carbonyl (C=O) groups excluding carboxylic acids is 3. The predicted octanol–water partition coefficient (Wildman–Crippen LogP) is 5.45. The second kappa shape index (κ2) is 25.1. The van der Waals surface area contributed by atoms with Gasteiger partial charge in [-0.3, -0.25) is 24.5 Å². The number of carbonyl (C=O) groups is 4. The highest BCUT2D eigenvalue weighted by Gasteiger charge is 2.41. The molecule has 13 nitrogen and oxygen atoms in total. The van der Waals surface area contributed by atoms with E-state index in [2.05, 4.69) is 37.7 Å². The Bertz CT molecular complexity index is 1800. The number of para-hydroxylation sites is 1. The molecule has 0 saturated carbocycles. The van der Waals surface area contributed by atoms with Crippen LogP contribution >= 0.6 is 30.8 Å². The number of alkyl halides is 1. The molecule has 1 aliphatic carbocycles. The minimum Gasteiger partial charge on any atom is -0.778 e. The first-order chi connectivity index (χ1) is 26.6. The molecule has 0 aromatic heterocycles. The lowest BCUT2D eigenvalue weighted by Gasteiger charge is -2.31. The lowest BCUT2D eigenvalue weighted by Crippen LogP contribution is -2.43. The number of ether oxygens (including phenoxy) is 2. The van der Waals surface area contributed by atoms with Gasteiger partial charge in [0, 0.05) is 24.3 Å². The van der Waals surface area contributed by atoms with E-state index in [0.29, 0.717) is 41.5 Å². The highest BCUT2D eigenvalue weighted by Crippen LogP contribution is 2.40. The molecule has 3 unspecified atom stereocenters. The molecule has 1 heterocycles. The van der Waals surface area contributed by atoms with Crippen LogP contribution in [0.1, 0.15) is 57.6 Å². The Balaban J connectivity index is 0.000000438. The molecule has 3 N–H and O–H groups in total. The highest BCUT2D eigenvalue weighted by atomic mass is 35.5. The molecule has 0 bridgehead atoms. The van der Waals surface area contributed by atoms with Crippen molar-refractivity contribution in [3.8, 4) is 18.1 Å². The molecule has 3 amide bonds. The fraction of sp³-hybridized carbons (Fsp3) is 0.487. The monoisotopic (exact) mass is 875 g/mol. The number of halogens is 3. The van der Waals surface area contributed by atoms with Gasteiger partial charge in [0.1, 0.15) is 25.0 Å². The SMILES string of the molecule is C#CC(C)Oc1cc(N2C(=O)C3=C(CCCC3)C2=O)c(F)cc1Cl.CCc1cccc(C)c1N(C(=O)CCl)C(C)COC.C[S+](C)C.O=C(O)CNCP(=O)([O-])O. The summed E-state index contributed by atoms with van der Waals surface area (Å²) in [6.07, 6.45) is 14.2. The van der Waals surface area contributed by atoms with Gasteiger partial charge in [0.15, 0.2) is 6.10 Å². The maximum absolute atomic E-state index is 14.4. The fourth-order valence-electron chi connectivity index (χ4n) is 5.59. The first-order valence-corrected chi connectivity index (χ1v) is 22.9. The number of imide groups is 1. The lowest BCUT2D eigenvalue weighted by atomic mass is 9.93. The van der Waals surface area contributed by atoms with Crippen molar-refractivity contribution in [1.29, 1.82) is 0 Å². The Hall–Kier alpha value is -3.45. The molecule has 1 aliphatic heterocycles. The number of aliphatic carboxylic acids is 1. The van der Waals surface area contributed by atoms with Crippen LogP contribution in [0, 0.1) is 25.1 Å². The van der Waals surface area contributed by atoms with Crippen molar-refractivity contribution in [2.24, 2.45) is 0 Å². The van der Waals surface area contributed by atoms with Crippen molar-refractivity contribution < 1.29 is 52.5 Å². The fourth-order valence-corrected chi connectivity index (χ4v) is 6.31. The van der Waals surface area contributed by atoms with E-state index >= 15 is 0 Å². The van der Waals surface area contributed by atoms with Crippen LogP contribution in [0.4, 0.5) is 15.8 Å². The zero-order valence-corrected chi connectivity index (χ0v) is 36.7. The summed E-state index contributed by atoms with van der Waals surface area (Å²) in [5.41, 5.74) is 4.02. The van der Waals surface area contributed by atoms with E-state index in [1.807, 2.05) is 31.3 Å². The summed E-state index contributed by atoms with van der Waals surface area (Å²) in [4.78, 5) is 67.7. The van der Waals surface area contributed by atoms with Gasteiger partial charge in [0.25, 0.3) is 11.8 Å². The Kier molecular flexibility index (Phi) is 22.7. The molecule has 2 aromatic carbocycles. The number of benzene rings is 2. The Morgan fingerprint density at radius 3 is 2.18 bits per heavy atom. The predicted molar refractivity (Wildman–Crippen MR) is 224 cm³/mol. The number of hydrogen-bond donors (Lipinski definition) is 3. The van der Waals surface area contributed by atoms with E-state index in [1.165, 1.54) is 6.07 Å². The molecule has 4 rings (SSSR count). The average Bonchev–Trinajstić information content (AvgIpc) is 3.38. The van der Waals surface area contributed by atoms with E-state index in [9.17, 15) is 33.0 Å². The summed E-state index contributed by atoms with van der Waals surface area (Å²) in [5, 5.41) is 10.00. The number of carboxylic acids is 1. The smallest absolute Gasteiger partial charge is 0.317 e. The molecular weight excluding hydrogens is 823 g/mol. The van der Waals surface area contributed by atoms with Crippen molar-refractivity contribution in [3.05, 3.63) is 63.4 Å². The number of nitrogens with one attached hydrogen (secondary N) is 1. The lowest BCUT2D eigenvalue weighted by molar-refractivity contribution is -0.193. The molecule has 57 heavy (non-hydrogen) atoms. The Morgan fingerprint density at radius 1 is 1.16 bits per heavy atom. The third-order valence-corrected chi connectivity index (χ3v) is 9.08. The van der Waals surface area contributed by atoms with Crippen LogP contribution in [0.3, 0.4) is 0 Å². The van der Waals surface area contributed by atoms with Crippen LogP contribution in [0.25, 0.3) is 0 Å². The van der Waals surface area contributed by atoms with Crippen molar-refractivity contribution >= 4 is 76.8 Å². The third-order valence-electron chi connectivity index (χ3n) is 7.93. The maximum Gasteiger partial charge on any atom is 0.317 e. The molecule has 2 aromatic rings. The number of rotatable bonds is 13. The van der Waals surface area contributed by atoms with Crippen LogP contribution in [-0.4, -0.2) is 97.0 Å². The summed E-state index contributed by atoms with van der Waals surface area (Å²) >= 11 is 11.7. The van der Waals surface area contributed by atoms with Crippen LogP contribution in [0.5, 0.6) is 5.75 Å². The minimum atomic E-state index is -4.35. The van der Waals surface area contributed by atoms with Crippen LogP contribution in [-0.2, 0) is 45.8 Å². The molecule has 3 atom stereocenters. The van der Waals surface area contributed by atoms with Crippen molar-refractivity contribution in [1.82, 2.24) is 5.32 Å². The summed E-state index contributed by atoms with van der Waals surface area (Å²) in [6, 6.07) is 8.32. The largest absolute Gasteiger partial charge is 0.778 e. The zero-order valence-electron chi connectivity index (χ0n) is 33.5. The molecule has 18 heteroatoms. The van der Waals surface area contributed by atoms with Gasteiger partial charge in [-0.25, -0.2) is 9.29 Å². The minimum absolute atomic E-state index is 0.0223. The van der Waals surface area contributed by atoms with Gasteiger partial charge in [-0.2, -0.15) is 0 Å². The number of aryl methyl sites for hydroxylation is 2. The normalized spacial score (nSPS) is 15.4. The van der Waals surface area contributed by atoms with Gasteiger partial charge >= 0.3 is 5.97 Å². The van der Waals surface area contributed by atoms with Crippen LogP contribution in [0.15, 0.2) is 41.5 Å². The first kappa shape index (κ1) is 51.6. The van der Waals surface area contributed by atoms with Crippen LogP contribution in [0.2, 0.25) is 5.02 Å². The van der Waals surface area contributed by atoms with E-state index in [1.54, 1.807) is 18.9 Å². The second-order valence-corrected chi connectivity index (χ2v) is 18.0. The first-order valence-electron chi connectivity index (χ1n) is 17.8. The number of hydrogen-bond acceptors (Lipinski definition) is 9. The highest BCUT2D eigenvalue weighted by molar-refractivity contribution is 7.94. The summed E-state index contributed by atoms with van der Waals surface area (Å²) < 4.78 is 34.9. The van der Waals surface area contributed by atoms with Gasteiger partial charge in [0.05, 0.1) is 60.6 Å². The number of anilines is 2. The molecule has 0 radical (unpaired) electrons. The summed E-state index contributed by atoms with van der Waals surface area (Å²) in [7, 11) is -2.07. The molecular formula is C39H53Cl2FN3O10PS. The van der Waals surface area contributed by atoms with Gasteiger partial charge < -0.3 is 33.8 Å². The Morgan fingerprint density at radius 2 is 1.72 bits per heavy atom.